The molecule has 0 saturated carbocycles. The first-order valence-corrected chi connectivity index (χ1v) is 8.73. The molecule has 0 bridgehead atoms. The molecule has 0 saturated heterocycles. The fourth-order valence-electron chi connectivity index (χ4n) is 2.66. The van der Waals surface area contributed by atoms with Gasteiger partial charge in [0.15, 0.2) is 0 Å². The lowest BCUT2D eigenvalue weighted by Gasteiger charge is -2.13. The first-order chi connectivity index (χ1) is 12.7. The van der Waals surface area contributed by atoms with E-state index < -0.39 is 0 Å². The number of nitrogens with one attached hydrogen (secondary N) is 2. The summed E-state index contributed by atoms with van der Waals surface area (Å²) in [5.41, 5.74) is 2.17. The van der Waals surface area contributed by atoms with Gasteiger partial charge in [-0.05, 0) is 17.5 Å². The number of rotatable bonds is 8. The van der Waals surface area contributed by atoms with Crippen LogP contribution >= 0.6 is 0 Å². The Bertz CT molecular complexity index is 797. The van der Waals surface area contributed by atoms with Gasteiger partial charge in [-0.25, -0.2) is 4.79 Å². The largest absolute Gasteiger partial charge is 0.338 e. The summed E-state index contributed by atoms with van der Waals surface area (Å²) in [5.74, 6) is 0.300. The summed E-state index contributed by atoms with van der Waals surface area (Å²) < 4.78 is 3.74. The van der Waals surface area contributed by atoms with Gasteiger partial charge >= 0.3 is 6.03 Å². The average molecular weight is 352 g/mol. The highest BCUT2D eigenvalue weighted by atomic mass is 16.2. The second-order valence-electron chi connectivity index (χ2n) is 6.43. The molecule has 0 aliphatic heterocycles. The van der Waals surface area contributed by atoms with Crippen molar-refractivity contribution in [1.29, 1.82) is 0 Å². The Morgan fingerprint density at radius 2 is 1.92 bits per heavy atom. The van der Waals surface area contributed by atoms with Gasteiger partial charge in [0.2, 0.25) is 0 Å². The number of urea groups is 1. The predicted molar refractivity (Wildman–Crippen MR) is 99.4 cm³/mol. The van der Waals surface area contributed by atoms with Gasteiger partial charge in [-0.1, -0.05) is 37.3 Å². The second kappa shape index (κ2) is 8.84. The lowest BCUT2D eigenvalue weighted by Crippen LogP contribution is -2.38. The third-order valence-electron chi connectivity index (χ3n) is 4.00. The highest BCUT2D eigenvalue weighted by Gasteiger charge is 2.07. The lowest BCUT2D eigenvalue weighted by molar-refractivity contribution is 0.238. The third kappa shape index (κ3) is 5.47. The van der Waals surface area contributed by atoms with Crippen LogP contribution in [0.4, 0.5) is 4.79 Å². The third-order valence-corrected chi connectivity index (χ3v) is 4.00. The van der Waals surface area contributed by atoms with Gasteiger partial charge in [0.05, 0.1) is 12.7 Å². The molecule has 1 aromatic carbocycles. The van der Waals surface area contributed by atoms with Crippen LogP contribution in [0.1, 0.15) is 18.1 Å². The number of amides is 2. The number of hydrogen-bond donors (Lipinski definition) is 2. The van der Waals surface area contributed by atoms with Crippen LogP contribution in [0.2, 0.25) is 0 Å². The first kappa shape index (κ1) is 17.7. The minimum absolute atomic E-state index is 0.173. The Kier molecular flexibility index (Phi) is 6.03. The van der Waals surface area contributed by atoms with Crippen molar-refractivity contribution in [1.82, 2.24) is 30.2 Å². The highest BCUT2D eigenvalue weighted by Crippen LogP contribution is 2.04. The minimum Gasteiger partial charge on any atom is -0.338 e. The van der Waals surface area contributed by atoms with Crippen LogP contribution in [0, 0.1) is 5.92 Å². The van der Waals surface area contributed by atoms with Crippen molar-refractivity contribution in [3.05, 3.63) is 72.3 Å². The zero-order valence-corrected chi connectivity index (χ0v) is 14.9. The summed E-state index contributed by atoms with van der Waals surface area (Å²) in [6, 6.07) is 11.9. The molecule has 0 spiro atoms. The molecule has 0 radical (unpaired) electrons. The van der Waals surface area contributed by atoms with Crippen LogP contribution in [-0.2, 0) is 19.6 Å². The standard InChI is InChI=1S/C19H24N6O/c1-16(13-24-9-5-8-22-24)10-20-19(26)21-11-18-12-23-25(15-18)14-17-6-3-2-4-7-17/h2-9,12,15-16H,10-11,13-14H2,1H3,(H2,20,21,26)/t16-/m0/s1. The fourth-order valence-corrected chi connectivity index (χ4v) is 2.66. The van der Waals surface area contributed by atoms with Gasteiger partial charge in [0, 0.05) is 43.8 Å². The van der Waals surface area contributed by atoms with Crippen molar-refractivity contribution in [2.24, 2.45) is 5.92 Å². The minimum atomic E-state index is -0.173. The molecule has 7 nitrogen and oxygen atoms in total. The summed E-state index contributed by atoms with van der Waals surface area (Å²) >= 11 is 0. The molecule has 3 aromatic rings. The van der Waals surface area contributed by atoms with Crippen molar-refractivity contribution < 1.29 is 4.79 Å². The SMILES string of the molecule is C[C@@H](CNC(=O)NCc1cnn(Cc2ccccc2)c1)Cn1cccn1. The molecule has 2 aromatic heterocycles. The van der Waals surface area contributed by atoms with E-state index in [1.807, 2.05) is 46.0 Å². The van der Waals surface area contributed by atoms with Gasteiger partial charge in [-0.3, -0.25) is 9.36 Å². The number of carbonyl (C=O) groups is 1. The van der Waals surface area contributed by atoms with Gasteiger partial charge in [0.25, 0.3) is 0 Å². The molecule has 7 heteroatoms. The Balaban J connectivity index is 1.38. The van der Waals surface area contributed by atoms with E-state index in [0.717, 1.165) is 18.7 Å². The molecule has 26 heavy (non-hydrogen) atoms. The molecule has 0 aliphatic rings. The number of nitrogens with zero attached hydrogens (tertiary/aromatic N) is 4. The number of benzene rings is 1. The number of carbonyl (C=O) groups excluding carboxylic acids is 1. The normalized spacial score (nSPS) is 11.9. The summed E-state index contributed by atoms with van der Waals surface area (Å²) in [7, 11) is 0. The van der Waals surface area contributed by atoms with E-state index >= 15 is 0 Å². The smallest absolute Gasteiger partial charge is 0.315 e. The molecule has 2 heterocycles. The van der Waals surface area contributed by atoms with Crippen LogP contribution in [0.3, 0.4) is 0 Å². The maximum atomic E-state index is 11.9. The molecular formula is C19H24N6O. The molecule has 0 unspecified atom stereocenters. The van der Waals surface area contributed by atoms with Crippen molar-refractivity contribution >= 4 is 6.03 Å². The summed E-state index contributed by atoms with van der Waals surface area (Å²) in [6.45, 7) is 4.63. The Labute approximate surface area is 153 Å². The molecule has 3 rings (SSSR count). The predicted octanol–water partition coefficient (Wildman–Crippen LogP) is 2.26. The topological polar surface area (TPSA) is 76.8 Å². The van der Waals surface area contributed by atoms with Gasteiger partial charge < -0.3 is 10.6 Å². The van der Waals surface area contributed by atoms with Gasteiger partial charge in [-0.15, -0.1) is 0 Å². The molecular weight excluding hydrogens is 328 g/mol. The van der Waals surface area contributed by atoms with E-state index in [1.165, 1.54) is 5.56 Å². The fraction of sp³-hybridized carbons (Fsp3) is 0.316. The monoisotopic (exact) mass is 352 g/mol. The van der Waals surface area contributed by atoms with E-state index in [0.29, 0.717) is 19.0 Å². The second-order valence-corrected chi connectivity index (χ2v) is 6.43. The highest BCUT2D eigenvalue weighted by molar-refractivity contribution is 5.73. The first-order valence-electron chi connectivity index (χ1n) is 8.73. The zero-order chi connectivity index (χ0) is 18.2. The molecule has 1 atom stereocenters. The molecule has 0 aliphatic carbocycles. The Morgan fingerprint density at radius 3 is 2.69 bits per heavy atom. The van der Waals surface area contributed by atoms with Crippen molar-refractivity contribution in [2.45, 2.75) is 26.6 Å². The van der Waals surface area contributed by atoms with Gasteiger partial charge in [0.1, 0.15) is 0 Å². The van der Waals surface area contributed by atoms with E-state index in [4.69, 9.17) is 0 Å². The van der Waals surface area contributed by atoms with E-state index in [9.17, 15) is 4.79 Å². The Morgan fingerprint density at radius 1 is 1.08 bits per heavy atom. The van der Waals surface area contributed by atoms with Crippen LogP contribution in [0.5, 0.6) is 0 Å². The van der Waals surface area contributed by atoms with Crippen molar-refractivity contribution in [2.75, 3.05) is 6.54 Å². The number of hydrogen-bond acceptors (Lipinski definition) is 3. The number of aromatic nitrogens is 4. The van der Waals surface area contributed by atoms with Crippen LogP contribution < -0.4 is 10.6 Å². The van der Waals surface area contributed by atoms with Crippen LogP contribution in [0.15, 0.2) is 61.2 Å². The molecule has 136 valence electrons. The van der Waals surface area contributed by atoms with E-state index in [1.54, 1.807) is 12.4 Å². The van der Waals surface area contributed by atoms with Gasteiger partial charge in [-0.2, -0.15) is 10.2 Å². The zero-order valence-electron chi connectivity index (χ0n) is 14.9. The van der Waals surface area contributed by atoms with E-state index in [2.05, 4.69) is 39.9 Å². The maximum Gasteiger partial charge on any atom is 0.315 e. The quantitative estimate of drug-likeness (QED) is 0.653. The summed E-state index contributed by atoms with van der Waals surface area (Å²) in [4.78, 5) is 11.9. The molecule has 2 N–H and O–H groups in total. The molecule has 2 amide bonds. The lowest BCUT2D eigenvalue weighted by atomic mass is 10.2. The molecule has 0 fully saturated rings. The Hall–Kier alpha value is -3.09. The summed E-state index contributed by atoms with van der Waals surface area (Å²) in [6.07, 6.45) is 7.41. The van der Waals surface area contributed by atoms with Crippen molar-refractivity contribution in [3.8, 4) is 0 Å². The summed E-state index contributed by atoms with van der Waals surface area (Å²) in [5, 5.41) is 14.3. The van der Waals surface area contributed by atoms with E-state index in [-0.39, 0.29) is 6.03 Å². The van der Waals surface area contributed by atoms with Crippen molar-refractivity contribution in [3.63, 3.8) is 0 Å². The maximum absolute atomic E-state index is 11.9. The van der Waals surface area contributed by atoms with Crippen LogP contribution in [0.25, 0.3) is 0 Å². The average Bonchev–Trinajstić information content (AvgIpc) is 3.31. The van der Waals surface area contributed by atoms with Crippen LogP contribution in [-0.4, -0.2) is 32.1 Å².